The number of hydrogen-bond donors (Lipinski definition) is 2. The zero-order valence-corrected chi connectivity index (χ0v) is 9.87. The molecular formula is C13H17NO2. The van der Waals surface area contributed by atoms with E-state index in [0.717, 1.165) is 16.8 Å². The molecule has 1 amide bonds. The number of benzene rings is 1. The second-order valence-corrected chi connectivity index (χ2v) is 3.73. The van der Waals surface area contributed by atoms with Crippen LogP contribution in [0.15, 0.2) is 29.8 Å². The summed E-state index contributed by atoms with van der Waals surface area (Å²) in [7, 11) is 0. The monoisotopic (exact) mass is 219 g/mol. The number of aryl methyl sites for hydroxylation is 1. The van der Waals surface area contributed by atoms with Crippen LogP contribution >= 0.6 is 0 Å². The van der Waals surface area contributed by atoms with Gasteiger partial charge < -0.3 is 10.4 Å². The first-order valence-corrected chi connectivity index (χ1v) is 5.23. The molecule has 0 saturated carbocycles. The van der Waals surface area contributed by atoms with E-state index in [2.05, 4.69) is 5.32 Å². The van der Waals surface area contributed by atoms with Gasteiger partial charge in [0.15, 0.2) is 0 Å². The van der Waals surface area contributed by atoms with Gasteiger partial charge in [-0.2, -0.15) is 0 Å². The molecule has 0 radical (unpaired) electrons. The van der Waals surface area contributed by atoms with E-state index >= 15 is 0 Å². The molecule has 0 spiro atoms. The van der Waals surface area contributed by atoms with Gasteiger partial charge in [0, 0.05) is 11.3 Å². The van der Waals surface area contributed by atoms with Crippen molar-refractivity contribution in [2.75, 3.05) is 5.32 Å². The summed E-state index contributed by atoms with van der Waals surface area (Å²) < 4.78 is 0. The molecule has 2 N–H and O–H groups in total. The Morgan fingerprint density at radius 2 is 2.19 bits per heavy atom. The molecule has 0 aliphatic carbocycles. The number of allylic oxidation sites excluding steroid dienone is 1. The van der Waals surface area contributed by atoms with Crippen molar-refractivity contribution in [3.63, 3.8) is 0 Å². The molecule has 0 fully saturated rings. The maximum absolute atomic E-state index is 11.7. The van der Waals surface area contributed by atoms with Crippen LogP contribution in [0.1, 0.15) is 25.0 Å². The van der Waals surface area contributed by atoms with Crippen molar-refractivity contribution in [1.29, 1.82) is 0 Å². The Morgan fingerprint density at radius 3 is 2.75 bits per heavy atom. The number of carbonyl (C=O) groups excluding carboxylic acids is 1. The number of amides is 1. The first-order chi connectivity index (χ1) is 7.58. The van der Waals surface area contributed by atoms with Gasteiger partial charge in [-0.1, -0.05) is 18.2 Å². The molecule has 1 aromatic rings. The van der Waals surface area contributed by atoms with Crippen LogP contribution in [0.25, 0.3) is 0 Å². The molecule has 1 aromatic carbocycles. The van der Waals surface area contributed by atoms with Crippen molar-refractivity contribution >= 4 is 11.6 Å². The van der Waals surface area contributed by atoms with E-state index < -0.39 is 0 Å². The average Bonchev–Trinajstić information content (AvgIpc) is 2.30. The molecule has 0 atom stereocenters. The molecule has 3 heteroatoms. The summed E-state index contributed by atoms with van der Waals surface area (Å²) in [5.74, 6) is -0.110. The van der Waals surface area contributed by atoms with Gasteiger partial charge >= 0.3 is 0 Å². The fourth-order valence-corrected chi connectivity index (χ4v) is 1.25. The lowest BCUT2D eigenvalue weighted by Gasteiger charge is -2.09. The van der Waals surface area contributed by atoms with E-state index in [1.807, 2.05) is 26.0 Å². The van der Waals surface area contributed by atoms with Gasteiger partial charge in [-0.05, 0) is 38.0 Å². The predicted octanol–water partition coefficient (Wildman–Crippen LogP) is 2.39. The van der Waals surface area contributed by atoms with Crippen LogP contribution in [0.3, 0.4) is 0 Å². The maximum Gasteiger partial charge on any atom is 0.250 e. The highest BCUT2D eigenvalue weighted by atomic mass is 16.3. The lowest BCUT2D eigenvalue weighted by atomic mass is 10.1. The average molecular weight is 219 g/mol. The fourth-order valence-electron chi connectivity index (χ4n) is 1.25. The van der Waals surface area contributed by atoms with Crippen LogP contribution in [0.4, 0.5) is 5.69 Å². The molecule has 0 saturated heterocycles. The predicted molar refractivity (Wildman–Crippen MR) is 65.2 cm³/mol. The molecule has 0 heterocycles. The Balaban J connectivity index is 2.92. The minimum atomic E-state index is -0.110. The molecule has 86 valence electrons. The van der Waals surface area contributed by atoms with Gasteiger partial charge in [0.2, 0.25) is 0 Å². The van der Waals surface area contributed by atoms with Gasteiger partial charge in [-0.15, -0.1) is 0 Å². The highest BCUT2D eigenvalue weighted by molar-refractivity contribution is 6.03. The lowest BCUT2D eigenvalue weighted by molar-refractivity contribution is -0.112. The first kappa shape index (κ1) is 12.5. The van der Waals surface area contributed by atoms with E-state index in [0.29, 0.717) is 5.57 Å². The minimum absolute atomic E-state index is 0.0221. The molecule has 3 nitrogen and oxygen atoms in total. The zero-order chi connectivity index (χ0) is 12.1. The Kier molecular flexibility index (Phi) is 4.26. The van der Waals surface area contributed by atoms with Crippen LogP contribution in [-0.4, -0.2) is 11.0 Å². The summed E-state index contributed by atoms with van der Waals surface area (Å²) in [4.78, 5) is 11.7. The molecular weight excluding hydrogens is 202 g/mol. The summed E-state index contributed by atoms with van der Waals surface area (Å²) in [6.07, 6.45) is 1.76. The molecule has 0 bridgehead atoms. The number of rotatable bonds is 3. The SMILES string of the molecule is C/C=C(/C)C(=O)Nc1cc(CO)ccc1C. The van der Waals surface area contributed by atoms with E-state index in [4.69, 9.17) is 5.11 Å². The summed E-state index contributed by atoms with van der Waals surface area (Å²) >= 11 is 0. The molecule has 16 heavy (non-hydrogen) atoms. The number of aliphatic hydroxyl groups is 1. The van der Waals surface area contributed by atoms with E-state index in [-0.39, 0.29) is 12.5 Å². The third-order valence-corrected chi connectivity index (χ3v) is 2.52. The van der Waals surface area contributed by atoms with Crippen molar-refractivity contribution in [3.8, 4) is 0 Å². The second kappa shape index (κ2) is 5.47. The molecule has 1 rings (SSSR count). The van der Waals surface area contributed by atoms with Gasteiger partial charge in [0.1, 0.15) is 0 Å². The van der Waals surface area contributed by atoms with Gasteiger partial charge in [-0.25, -0.2) is 0 Å². The minimum Gasteiger partial charge on any atom is -0.392 e. The quantitative estimate of drug-likeness (QED) is 0.767. The van der Waals surface area contributed by atoms with Crippen molar-refractivity contribution in [2.24, 2.45) is 0 Å². The van der Waals surface area contributed by atoms with E-state index in [1.54, 1.807) is 19.1 Å². The molecule has 0 aliphatic heterocycles. The van der Waals surface area contributed by atoms with E-state index in [1.165, 1.54) is 0 Å². The lowest BCUT2D eigenvalue weighted by Crippen LogP contribution is -2.13. The zero-order valence-electron chi connectivity index (χ0n) is 9.87. The Labute approximate surface area is 95.8 Å². The van der Waals surface area contributed by atoms with Crippen LogP contribution < -0.4 is 5.32 Å². The summed E-state index contributed by atoms with van der Waals surface area (Å²) in [5.41, 5.74) is 3.19. The number of carbonyl (C=O) groups is 1. The number of hydrogen-bond acceptors (Lipinski definition) is 2. The third-order valence-electron chi connectivity index (χ3n) is 2.52. The summed E-state index contributed by atoms with van der Waals surface area (Å²) in [5, 5.41) is 11.8. The topological polar surface area (TPSA) is 49.3 Å². The second-order valence-electron chi connectivity index (χ2n) is 3.73. The third kappa shape index (κ3) is 2.94. The Bertz CT molecular complexity index is 422. The van der Waals surface area contributed by atoms with Crippen molar-refractivity contribution in [2.45, 2.75) is 27.4 Å². The molecule has 0 aromatic heterocycles. The Morgan fingerprint density at radius 1 is 1.50 bits per heavy atom. The number of anilines is 1. The van der Waals surface area contributed by atoms with Crippen LogP contribution in [0, 0.1) is 6.92 Å². The molecule has 0 aliphatic rings. The van der Waals surface area contributed by atoms with Crippen LogP contribution in [0.2, 0.25) is 0 Å². The van der Waals surface area contributed by atoms with Crippen molar-refractivity contribution in [3.05, 3.63) is 41.0 Å². The Hall–Kier alpha value is -1.61. The van der Waals surface area contributed by atoms with Gasteiger partial charge in [0.25, 0.3) is 5.91 Å². The highest BCUT2D eigenvalue weighted by Crippen LogP contribution is 2.17. The van der Waals surface area contributed by atoms with Gasteiger partial charge in [0.05, 0.1) is 6.61 Å². The standard InChI is InChI=1S/C13H17NO2/c1-4-9(2)13(16)14-12-7-11(8-15)6-5-10(12)3/h4-7,15H,8H2,1-3H3,(H,14,16)/b9-4-. The highest BCUT2D eigenvalue weighted by Gasteiger charge is 2.06. The van der Waals surface area contributed by atoms with Crippen molar-refractivity contribution in [1.82, 2.24) is 0 Å². The molecule has 0 unspecified atom stereocenters. The normalized spacial score (nSPS) is 11.4. The largest absolute Gasteiger partial charge is 0.392 e. The van der Waals surface area contributed by atoms with Crippen LogP contribution in [0.5, 0.6) is 0 Å². The summed E-state index contributed by atoms with van der Waals surface area (Å²) in [6.45, 7) is 5.49. The van der Waals surface area contributed by atoms with Gasteiger partial charge in [-0.3, -0.25) is 4.79 Å². The van der Waals surface area contributed by atoms with Crippen LogP contribution in [-0.2, 0) is 11.4 Å². The maximum atomic E-state index is 11.7. The summed E-state index contributed by atoms with van der Waals surface area (Å²) in [6, 6.07) is 5.51. The number of nitrogens with one attached hydrogen (secondary N) is 1. The smallest absolute Gasteiger partial charge is 0.250 e. The van der Waals surface area contributed by atoms with E-state index in [9.17, 15) is 4.79 Å². The number of aliphatic hydroxyl groups excluding tert-OH is 1. The van der Waals surface area contributed by atoms with Crippen molar-refractivity contribution < 1.29 is 9.90 Å². The first-order valence-electron chi connectivity index (χ1n) is 5.23. The fraction of sp³-hybridized carbons (Fsp3) is 0.308.